The van der Waals surface area contributed by atoms with E-state index in [4.69, 9.17) is 5.73 Å². The summed E-state index contributed by atoms with van der Waals surface area (Å²) in [5.41, 5.74) is 5.76. The van der Waals surface area contributed by atoms with Crippen LogP contribution in [0, 0.1) is 17.7 Å². The Hall–Kier alpha value is -1.58. The molecule has 1 aromatic rings. The number of nitrogens with two attached hydrogens (primary N) is 1. The lowest BCUT2D eigenvalue weighted by Gasteiger charge is -2.32. The fraction of sp³-hybridized carbons (Fsp3) is 0.533. The first-order chi connectivity index (χ1) is 8.99. The summed E-state index contributed by atoms with van der Waals surface area (Å²) in [6, 6.07) is 4.49. The molecule has 0 aliphatic heterocycles. The highest BCUT2D eigenvalue weighted by Gasteiger charge is 2.26. The summed E-state index contributed by atoms with van der Waals surface area (Å²) in [6.07, 6.45) is 3.07. The largest absolute Gasteiger partial charge is 0.396 e. The summed E-state index contributed by atoms with van der Waals surface area (Å²) >= 11 is 0. The van der Waals surface area contributed by atoms with E-state index in [2.05, 4.69) is 19.2 Å². The Kier molecular flexibility index (Phi) is 4.08. The molecule has 0 aromatic heterocycles. The van der Waals surface area contributed by atoms with Crippen LogP contribution in [0.4, 0.5) is 10.1 Å². The van der Waals surface area contributed by atoms with E-state index in [-0.39, 0.29) is 23.2 Å². The molecule has 3 atom stereocenters. The van der Waals surface area contributed by atoms with E-state index in [1.165, 1.54) is 12.1 Å². The zero-order chi connectivity index (χ0) is 14.0. The minimum absolute atomic E-state index is 0.0720. The van der Waals surface area contributed by atoms with Gasteiger partial charge in [-0.2, -0.15) is 0 Å². The molecule has 3 unspecified atom stereocenters. The molecule has 0 heterocycles. The number of nitrogens with one attached hydrogen (secondary N) is 1. The van der Waals surface area contributed by atoms with Crippen molar-refractivity contribution in [3.63, 3.8) is 0 Å². The van der Waals surface area contributed by atoms with Crippen LogP contribution in [0.2, 0.25) is 0 Å². The fourth-order valence-corrected chi connectivity index (χ4v) is 2.68. The third-order valence-electron chi connectivity index (χ3n) is 4.23. The molecule has 2 rings (SSSR count). The van der Waals surface area contributed by atoms with Crippen LogP contribution < -0.4 is 11.1 Å². The number of benzene rings is 1. The third-order valence-corrected chi connectivity index (χ3v) is 4.23. The SMILES string of the molecule is CC1CCC(NC(=O)c2cccc(F)c2N)CC1C. The molecule has 19 heavy (non-hydrogen) atoms. The van der Waals surface area contributed by atoms with Crippen LogP contribution in [0.1, 0.15) is 43.5 Å². The minimum atomic E-state index is -0.543. The van der Waals surface area contributed by atoms with Crippen molar-refractivity contribution in [2.75, 3.05) is 5.73 Å². The maximum Gasteiger partial charge on any atom is 0.253 e. The number of nitrogen functional groups attached to an aromatic ring is 1. The molecular weight excluding hydrogens is 243 g/mol. The van der Waals surface area contributed by atoms with Crippen LogP contribution in [0.15, 0.2) is 18.2 Å². The first-order valence-corrected chi connectivity index (χ1v) is 6.84. The Morgan fingerprint density at radius 2 is 2.05 bits per heavy atom. The van der Waals surface area contributed by atoms with Crippen molar-refractivity contribution in [3.05, 3.63) is 29.6 Å². The van der Waals surface area contributed by atoms with Gasteiger partial charge in [0.2, 0.25) is 0 Å². The van der Waals surface area contributed by atoms with E-state index in [0.717, 1.165) is 19.3 Å². The summed E-state index contributed by atoms with van der Waals surface area (Å²) in [5.74, 6) is 0.485. The van der Waals surface area contributed by atoms with E-state index >= 15 is 0 Å². The number of anilines is 1. The van der Waals surface area contributed by atoms with Crippen molar-refractivity contribution in [1.82, 2.24) is 5.32 Å². The molecule has 1 amide bonds. The molecule has 0 saturated heterocycles. The molecule has 1 aromatic carbocycles. The summed E-state index contributed by atoms with van der Waals surface area (Å²) in [4.78, 5) is 12.1. The second kappa shape index (κ2) is 5.59. The first kappa shape index (κ1) is 13.8. The molecule has 0 bridgehead atoms. The molecule has 4 heteroatoms. The lowest BCUT2D eigenvalue weighted by atomic mass is 9.79. The van der Waals surface area contributed by atoms with Gasteiger partial charge in [-0.1, -0.05) is 19.9 Å². The number of carbonyl (C=O) groups excluding carboxylic acids is 1. The van der Waals surface area contributed by atoms with Gasteiger partial charge in [-0.05, 0) is 43.2 Å². The quantitative estimate of drug-likeness (QED) is 0.807. The van der Waals surface area contributed by atoms with Crippen molar-refractivity contribution >= 4 is 11.6 Å². The summed E-state index contributed by atoms with van der Waals surface area (Å²) < 4.78 is 13.3. The molecule has 104 valence electrons. The molecule has 3 nitrogen and oxygen atoms in total. The zero-order valence-electron chi connectivity index (χ0n) is 11.4. The van der Waals surface area contributed by atoms with Gasteiger partial charge in [0, 0.05) is 6.04 Å². The lowest BCUT2D eigenvalue weighted by molar-refractivity contribution is 0.0911. The number of hydrogen-bond acceptors (Lipinski definition) is 2. The average Bonchev–Trinajstić information content (AvgIpc) is 2.37. The number of amides is 1. The summed E-state index contributed by atoms with van der Waals surface area (Å²) in [7, 11) is 0. The summed E-state index contributed by atoms with van der Waals surface area (Å²) in [6.45, 7) is 4.45. The first-order valence-electron chi connectivity index (χ1n) is 6.84. The molecule has 1 saturated carbocycles. The molecule has 0 spiro atoms. The Labute approximate surface area is 113 Å². The Morgan fingerprint density at radius 1 is 1.32 bits per heavy atom. The molecular formula is C15H21FN2O. The van der Waals surface area contributed by atoms with Crippen LogP contribution in [0.5, 0.6) is 0 Å². The van der Waals surface area contributed by atoms with Gasteiger partial charge in [-0.15, -0.1) is 0 Å². The normalized spacial score (nSPS) is 27.0. The predicted molar refractivity (Wildman–Crippen MR) is 74.2 cm³/mol. The lowest BCUT2D eigenvalue weighted by Crippen LogP contribution is -2.40. The second-order valence-corrected chi connectivity index (χ2v) is 5.64. The smallest absolute Gasteiger partial charge is 0.253 e. The Morgan fingerprint density at radius 3 is 2.74 bits per heavy atom. The van der Waals surface area contributed by atoms with Crippen molar-refractivity contribution in [3.8, 4) is 0 Å². The van der Waals surface area contributed by atoms with Crippen LogP contribution in [0.3, 0.4) is 0 Å². The molecule has 1 aliphatic carbocycles. The predicted octanol–water partition coefficient (Wildman–Crippen LogP) is 2.96. The number of halogens is 1. The van der Waals surface area contributed by atoms with E-state index < -0.39 is 5.82 Å². The Bertz CT molecular complexity index is 475. The van der Waals surface area contributed by atoms with Crippen molar-refractivity contribution < 1.29 is 9.18 Å². The van der Waals surface area contributed by atoms with Gasteiger partial charge in [0.25, 0.3) is 5.91 Å². The minimum Gasteiger partial charge on any atom is -0.396 e. The maximum absolute atomic E-state index is 13.3. The third kappa shape index (κ3) is 3.06. The van der Waals surface area contributed by atoms with Crippen LogP contribution in [-0.2, 0) is 0 Å². The van der Waals surface area contributed by atoms with Crippen LogP contribution >= 0.6 is 0 Å². The standard InChI is InChI=1S/C15H21FN2O/c1-9-6-7-11(8-10(9)2)18-15(19)12-4-3-5-13(16)14(12)17/h3-5,9-11H,6-8,17H2,1-2H3,(H,18,19). The molecule has 1 fully saturated rings. The number of carbonyl (C=O) groups is 1. The molecule has 0 radical (unpaired) electrons. The highest BCUT2D eigenvalue weighted by atomic mass is 19.1. The van der Waals surface area contributed by atoms with Crippen molar-refractivity contribution in [2.45, 2.75) is 39.2 Å². The average molecular weight is 264 g/mol. The fourth-order valence-electron chi connectivity index (χ4n) is 2.68. The van der Waals surface area contributed by atoms with E-state index in [0.29, 0.717) is 11.8 Å². The van der Waals surface area contributed by atoms with Gasteiger partial charge in [0.1, 0.15) is 5.82 Å². The highest BCUT2D eigenvalue weighted by Crippen LogP contribution is 2.29. The van der Waals surface area contributed by atoms with Crippen LogP contribution in [-0.4, -0.2) is 11.9 Å². The zero-order valence-corrected chi connectivity index (χ0v) is 11.4. The van der Waals surface area contributed by atoms with Gasteiger partial charge in [-0.25, -0.2) is 4.39 Å². The van der Waals surface area contributed by atoms with Crippen LogP contribution in [0.25, 0.3) is 0 Å². The van der Waals surface area contributed by atoms with Crippen molar-refractivity contribution in [2.24, 2.45) is 11.8 Å². The topological polar surface area (TPSA) is 55.1 Å². The maximum atomic E-state index is 13.3. The summed E-state index contributed by atoms with van der Waals surface area (Å²) in [5, 5.41) is 2.97. The van der Waals surface area contributed by atoms with E-state index in [9.17, 15) is 9.18 Å². The van der Waals surface area contributed by atoms with Gasteiger partial charge < -0.3 is 11.1 Å². The number of hydrogen-bond donors (Lipinski definition) is 2. The Balaban J connectivity index is 2.03. The number of rotatable bonds is 2. The van der Waals surface area contributed by atoms with Crippen molar-refractivity contribution in [1.29, 1.82) is 0 Å². The van der Waals surface area contributed by atoms with Gasteiger partial charge in [-0.3, -0.25) is 4.79 Å². The van der Waals surface area contributed by atoms with Gasteiger partial charge in [0.15, 0.2) is 0 Å². The van der Waals surface area contributed by atoms with Gasteiger partial charge in [0.05, 0.1) is 11.3 Å². The second-order valence-electron chi connectivity index (χ2n) is 5.64. The molecule has 1 aliphatic rings. The van der Waals surface area contributed by atoms with E-state index in [1.807, 2.05) is 0 Å². The monoisotopic (exact) mass is 264 g/mol. The molecule has 3 N–H and O–H groups in total. The van der Waals surface area contributed by atoms with E-state index in [1.54, 1.807) is 6.07 Å². The van der Waals surface area contributed by atoms with Gasteiger partial charge >= 0.3 is 0 Å². The number of para-hydroxylation sites is 1. The highest BCUT2D eigenvalue weighted by molar-refractivity contribution is 5.99.